The van der Waals surface area contributed by atoms with Crippen LogP contribution in [-0.2, 0) is 0 Å². The van der Waals surface area contributed by atoms with E-state index in [2.05, 4.69) is 26.0 Å². The van der Waals surface area contributed by atoms with Gasteiger partial charge in [-0.3, -0.25) is 4.99 Å². The topological polar surface area (TPSA) is 68.3 Å². The number of halogens is 1. The molecule has 1 N–H and O–H groups in total. The first-order chi connectivity index (χ1) is 13.1. The smallest absolute Gasteiger partial charge is 0.205 e. The van der Waals surface area contributed by atoms with Crippen LogP contribution in [0.5, 0.6) is 17.2 Å². The van der Waals surface area contributed by atoms with Crippen LogP contribution in [0.2, 0.25) is 0 Å². The first kappa shape index (κ1) is 19.2. The summed E-state index contributed by atoms with van der Waals surface area (Å²) in [6.45, 7) is 0. The molecule has 0 aliphatic heterocycles. The molecular formula is C19H18BrN3O3S. The van der Waals surface area contributed by atoms with E-state index in [0.29, 0.717) is 11.5 Å². The van der Waals surface area contributed by atoms with Crippen LogP contribution in [0.4, 0.5) is 0 Å². The molecule has 0 radical (unpaired) electrons. The molecule has 0 amide bonds. The van der Waals surface area contributed by atoms with Gasteiger partial charge in [-0.2, -0.15) is 5.10 Å². The summed E-state index contributed by atoms with van der Waals surface area (Å²) >= 11 is 5.01. The van der Waals surface area contributed by atoms with Crippen molar-refractivity contribution in [3.05, 3.63) is 56.6 Å². The number of hydrogen-bond acceptors (Lipinski definition) is 6. The highest BCUT2D eigenvalue weighted by molar-refractivity contribution is 9.10. The molecule has 8 heteroatoms. The van der Waals surface area contributed by atoms with Gasteiger partial charge in [0.05, 0.1) is 26.1 Å². The summed E-state index contributed by atoms with van der Waals surface area (Å²) in [5.74, 6) is 0.594. The Morgan fingerprint density at radius 1 is 1.15 bits per heavy atom. The van der Waals surface area contributed by atoms with Crippen LogP contribution >= 0.6 is 27.3 Å². The van der Waals surface area contributed by atoms with Gasteiger partial charge in [-0.1, -0.05) is 28.1 Å². The number of methoxy groups -OCH3 is 2. The van der Waals surface area contributed by atoms with Crippen LogP contribution in [0, 0.1) is 0 Å². The van der Waals surface area contributed by atoms with Crippen molar-refractivity contribution in [3.8, 4) is 28.5 Å². The Labute approximate surface area is 169 Å². The normalized spacial score (nSPS) is 11.9. The lowest BCUT2D eigenvalue weighted by Crippen LogP contribution is -2.11. The maximum absolute atomic E-state index is 10.0. The molecule has 140 valence electrons. The lowest BCUT2D eigenvalue weighted by Gasteiger charge is -2.09. The number of nitrogens with zero attached hydrogens (tertiary/aromatic N) is 3. The van der Waals surface area contributed by atoms with Gasteiger partial charge in [0.15, 0.2) is 11.5 Å². The Morgan fingerprint density at radius 2 is 1.85 bits per heavy atom. The molecule has 0 atom stereocenters. The Bertz CT molecular complexity index is 1030. The highest BCUT2D eigenvalue weighted by Gasteiger charge is 2.11. The summed E-state index contributed by atoms with van der Waals surface area (Å²) < 4.78 is 13.2. The fraction of sp³-hybridized carbons (Fsp3) is 0.158. The van der Waals surface area contributed by atoms with Gasteiger partial charge in [0.1, 0.15) is 0 Å². The van der Waals surface area contributed by atoms with Crippen molar-refractivity contribution in [2.45, 2.75) is 0 Å². The highest BCUT2D eigenvalue weighted by atomic mass is 79.9. The number of aromatic hydroxyl groups is 1. The second-order valence-corrected chi connectivity index (χ2v) is 7.22. The second kappa shape index (κ2) is 8.41. The number of ether oxygens (including phenoxy) is 2. The third-order valence-corrected chi connectivity index (χ3v) is 5.22. The summed E-state index contributed by atoms with van der Waals surface area (Å²) in [5.41, 5.74) is 2.67. The Kier molecular flexibility index (Phi) is 5.98. The van der Waals surface area contributed by atoms with Gasteiger partial charge in [-0.15, -0.1) is 11.3 Å². The zero-order valence-corrected chi connectivity index (χ0v) is 17.4. The number of phenolic OH excluding ortho intramolecular Hbond substituents is 1. The molecule has 3 rings (SSSR count). The molecule has 27 heavy (non-hydrogen) atoms. The van der Waals surface area contributed by atoms with Crippen molar-refractivity contribution >= 4 is 33.5 Å². The summed E-state index contributed by atoms with van der Waals surface area (Å²) in [7, 11) is 4.71. The van der Waals surface area contributed by atoms with E-state index in [1.54, 1.807) is 30.1 Å². The largest absolute Gasteiger partial charge is 0.502 e. The van der Waals surface area contributed by atoms with E-state index in [1.165, 1.54) is 25.6 Å². The van der Waals surface area contributed by atoms with Crippen LogP contribution in [0.3, 0.4) is 0 Å². The van der Waals surface area contributed by atoms with Crippen LogP contribution in [0.1, 0.15) is 5.56 Å². The molecule has 1 heterocycles. The molecule has 0 aliphatic rings. The average Bonchev–Trinajstić information content (AvgIpc) is 3.10. The van der Waals surface area contributed by atoms with Crippen molar-refractivity contribution in [1.29, 1.82) is 0 Å². The minimum atomic E-state index is -0.0422. The summed E-state index contributed by atoms with van der Waals surface area (Å²) in [6.07, 6.45) is 1.67. The fourth-order valence-corrected chi connectivity index (χ4v) is 3.72. The highest BCUT2D eigenvalue weighted by Crippen LogP contribution is 2.36. The third kappa shape index (κ3) is 4.06. The van der Waals surface area contributed by atoms with E-state index in [1.807, 2.05) is 29.6 Å². The van der Waals surface area contributed by atoms with Gasteiger partial charge >= 0.3 is 0 Å². The lowest BCUT2D eigenvalue weighted by molar-refractivity contribution is 0.340. The van der Waals surface area contributed by atoms with Gasteiger partial charge in [-0.05, 0) is 24.3 Å². The molecule has 0 bridgehead atoms. The van der Waals surface area contributed by atoms with E-state index in [0.717, 1.165) is 26.1 Å². The maximum Gasteiger partial charge on any atom is 0.205 e. The number of thiazole rings is 1. The lowest BCUT2D eigenvalue weighted by atomic mass is 10.2. The van der Waals surface area contributed by atoms with E-state index < -0.39 is 0 Å². The van der Waals surface area contributed by atoms with Gasteiger partial charge in [0, 0.05) is 28.0 Å². The van der Waals surface area contributed by atoms with Gasteiger partial charge in [0.2, 0.25) is 10.6 Å². The molecule has 1 aromatic heterocycles. The molecule has 0 saturated heterocycles. The molecular weight excluding hydrogens is 430 g/mol. The second-order valence-electron chi connectivity index (χ2n) is 5.47. The Balaban J connectivity index is 2.07. The summed E-state index contributed by atoms with van der Waals surface area (Å²) in [5, 5.41) is 16.7. The molecule has 0 spiro atoms. The molecule has 6 nitrogen and oxygen atoms in total. The Hall–Kier alpha value is -2.58. The molecule has 0 unspecified atom stereocenters. The van der Waals surface area contributed by atoms with Gasteiger partial charge in [0.25, 0.3) is 0 Å². The summed E-state index contributed by atoms with van der Waals surface area (Å²) in [6, 6.07) is 11.4. The summed E-state index contributed by atoms with van der Waals surface area (Å²) in [4.78, 5) is 5.06. The number of rotatable bonds is 5. The first-order valence-electron chi connectivity index (χ1n) is 7.96. The molecule has 0 aliphatic carbocycles. The first-order valence-corrected chi connectivity index (χ1v) is 9.63. The standard InChI is InChI=1S/C19H18BrN3O3S/c1-21-19-23(15(11-27-19)13-5-4-6-14(20)9-13)22-10-12-7-16(25-2)18(24)17(8-12)26-3/h4-11,24H,1-3H3. The van der Waals surface area contributed by atoms with Crippen LogP contribution in [0.15, 0.2) is 56.3 Å². The van der Waals surface area contributed by atoms with E-state index in [-0.39, 0.29) is 5.75 Å². The minimum Gasteiger partial charge on any atom is -0.502 e. The molecule has 0 fully saturated rings. The SMILES string of the molecule is CN=c1scc(-c2cccc(Br)c2)n1N=Cc1cc(OC)c(O)c(OC)c1. The zero-order chi connectivity index (χ0) is 19.4. The fourth-order valence-electron chi connectivity index (χ4n) is 2.52. The predicted octanol–water partition coefficient (Wildman–Crippen LogP) is 4.11. The van der Waals surface area contributed by atoms with E-state index >= 15 is 0 Å². The van der Waals surface area contributed by atoms with Crippen molar-refractivity contribution in [1.82, 2.24) is 4.68 Å². The number of benzene rings is 2. The van der Waals surface area contributed by atoms with Crippen LogP contribution in [-0.4, -0.2) is 37.3 Å². The third-order valence-electron chi connectivity index (χ3n) is 3.82. The van der Waals surface area contributed by atoms with Crippen molar-refractivity contribution in [2.75, 3.05) is 21.3 Å². The monoisotopic (exact) mass is 447 g/mol. The quantitative estimate of drug-likeness (QED) is 0.598. The minimum absolute atomic E-state index is 0.0422. The number of aromatic nitrogens is 1. The van der Waals surface area contributed by atoms with E-state index in [9.17, 15) is 5.11 Å². The average molecular weight is 448 g/mol. The zero-order valence-electron chi connectivity index (χ0n) is 15.0. The van der Waals surface area contributed by atoms with Crippen molar-refractivity contribution in [3.63, 3.8) is 0 Å². The van der Waals surface area contributed by atoms with E-state index in [4.69, 9.17) is 9.47 Å². The van der Waals surface area contributed by atoms with Crippen LogP contribution in [0.25, 0.3) is 11.3 Å². The van der Waals surface area contributed by atoms with Gasteiger partial charge in [-0.25, -0.2) is 4.68 Å². The molecule has 3 aromatic rings. The van der Waals surface area contributed by atoms with Gasteiger partial charge < -0.3 is 14.6 Å². The number of hydrogen-bond donors (Lipinski definition) is 1. The maximum atomic E-state index is 10.0. The molecule has 0 saturated carbocycles. The molecule has 2 aromatic carbocycles. The van der Waals surface area contributed by atoms with Crippen molar-refractivity contribution in [2.24, 2.45) is 10.1 Å². The van der Waals surface area contributed by atoms with Crippen LogP contribution < -0.4 is 14.3 Å². The number of phenols is 1. The predicted molar refractivity (Wildman–Crippen MR) is 111 cm³/mol. The van der Waals surface area contributed by atoms with Crippen molar-refractivity contribution < 1.29 is 14.6 Å². The Morgan fingerprint density at radius 3 is 2.44 bits per heavy atom.